The number of thioether (sulfide) groups is 1. The van der Waals surface area contributed by atoms with Gasteiger partial charge >= 0.3 is 0 Å². The van der Waals surface area contributed by atoms with Crippen LogP contribution in [0, 0.1) is 17.6 Å². The molecule has 164 valence electrons. The third-order valence-electron chi connectivity index (χ3n) is 4.44. The Balaban J connectivity index is 1.84. The molecule has 1 aromatic carbocycles. The predicted octanol–water partition coefficient (Wildman–Crippen LogP) is 2.95. The van der Waals surface area contributed by atoms with E-state index in [1.807, 2.05) is 0 Å². The van der Waals surface area contributed by atoms with Crippen LogP contribution in [0.15, 0.2) is 23.4 Å². The fraction of sp³-hybridized carbons (Fsp3) is 0.500. The molecule has 0 saturated heterocycles. The number of halogens is 2. The molecule has 3 N–H and O–H groups in total. The van der Waals surface area contributed by atoms with Gasteiger partial charge in [0.2, 0.25) is 21.9 Å². The summed E-state index contributed by atoms with van der Waals surface area (Å²) in [6.07, 6.45) is 3.93. The van der Waals surface area contributed by atoms with E-state index in [2.05, 4.69) is 25.0 Å². The number of aliphatic hydroxyl groups is 1. The molecule has 0 amide bonds. The minimum atomic E-state index is -3.64. The number of rotatable bonds is 10. The average molecular weight is 460 g/mol. The Morgan fingerprint density at radius 2 is 1.93 bits per heavy atom. The first-order valence-corrected chi connectivity index (χ1v) is 12.1. The summed E-state index contributed by atoms with van der Waals surface area (Å²) in [7, 11) is -3.64. The van der Waals surface area contributed by atoms with Crippen LogP contribution in [0.25, 0.3) is 0 Å². The number of aliphatic hydroxyl groups excluding tert-OH is 1. The highest BCUT2D eigenvalue weighted by atomic mass is 32.2. The lowest BCUT2D eigenvalue weighted by molar-refractivity contribution is 0.264. The third-order valence-corrected chi connectivity index (χ3v) is 6.00. The minimum absolute atomic E-state index is 0.102. The first kappa shape index (κ1) is 22.6. The zero-order valence-corrected chi connectivity index (χ0v) is 18.1. The Morgan fingerprint density at radius 3 is 2.53 bits per heavy atom. The highest BCUT2D eigenvalue weighted by molar-refractivity contribution is 7.99. The van der Waals surface area contributed by atoms with Crippen molar-refractivity contribution in [2.75, 3.05) is 22.9 Å². The highest BCUT2D eigenvalue weighted by Crippen LogP contribution is 2.36. The van der Waals surface area contributed by atoms with Crippen LogP contribution < -0.4 is 10.0 Å². The molecule has 1 fully saturated rings. The second-order valence-corrected chi connectivity index (χ2v) is 10.3. The zero-order valence-electron chi connectivity index (χ0n) is 16.5. The molecule has 1 aliphatic rings. The number of nitrogens with one attached hydrogen (secondary N) is 2. The van der Waals surface area contributed by atoms with E-state index in [1.165, 1.54) is 6.07 Å². The molecule has 3 rings (SSSR count). The maximum Gasteiger partial charge on any atom is 0.242 e. The van der Waals surface area contributed by atoms with Crippen LogP contribution in [0.1, 0.15) is 37.0 Å². The van der Waals surface area contributed by atoms with Crippen molar-refractivity contribution in [3.63, 3.8) is 0 Å². The van der Waals surface area contributed by atoms with Crippen LogP contribution in [0.5, 0.6) is 0 Å². The molecule has 0 bridgehead atoms. The Kier molecular flexibility index (Phi) is 7.09. The number of aromatic nitrogens is 3. The standard InChI is InChI=1S/C18H23F2N5O3S2/c1-10(14-6-5-12(19)8-15(14)20)29-18-23-16(21-13(9-26)7-11-3-4-11)22-17(24-18)25-30(2,27)28/h5-6,8,10-11,13,26H,3-4,7,9H2,1-2H3,(H2,21,22,23,24,25)/t10-,13-/m1/s1. The highest BCUT2D eigenvalue weighted by Gasteiger charge is 2.26. The van der Waals surface area contributed by atoms with Gasteiger partial charge in [-0.25, -0.2) is 17.2 Å². The van der Waals surface area contributed by atoms with E-state index in [0.717, 1.165) is 49.4 Å². The molecule has 1 aromatic heterocycles. The SMILES string of the molecule is C[C@@H](Sc1nc(N[C@@H](CO)CC2CC2)nc(NS(C)(=O)=O)n1)c1ccc(F)cc1F. The molecule has 0 unspecified atom stereocenters. The maximum absolute atomic E-state index is 14.1. The van der Waals surface area contributed by atoms with E-state index in [4.69, 9.17) is 0 Å². The molecular formula is C18H23F2N5O3S2. The number of hydrogen-bond donors (Lipinski definition) is 3. The van der Waals surface area contributed by atoms with Crippen LogP contribution >= 0.6 is 11.8 Å². The zero-order chi connectivity index (χ0) is 21.9. The van der Waals surface area contributed by atoms with Gasteiger partial charge in [-0.1, -0.05) is 30.7 Å². The molecule has 1 aliphatic carbocycles. The Hall–Kier alpha value is -2.05. The second kappa shape index (κ2) is 9.40. The van der Waals surface area contributed by atoms with Gasteiger partial charge in [-0.05, 0) is 25.3 Å². The molecule has 2 atom stereocenters. The summed E-state index contributed by atoms with van der Waals surface area (Å²) < 4.78 is 52.7. The molecule has 30 heavy (non-hydrogen) atoms. The third kappa shape index (κ3) is 6.74. The van der Waals surface area contributed by atoms with Crippen molar-refractivity contribution >= 4 is 33.7 Å². The lowest BCUT2D eigenvalue weighted by Gasteiger charge is -2.17. The average Bonchev–Trinajstić information content (AvgIpc) is 3.43. The van der Waals surface area contributed by atoms with Crippen molar-refractivity contribution in [1.82, 2.24) is 15.0 Å². The normalized spacial score (nSPS) is 16.2. The van der Waals surface area contributed by atoms with Gasteiger partial charge in [-0.2, -0.15) is 15.0 Å². The summed E-state index contributed by atoms with van der Waals surface area (Å²) in [4.78, 5) is 12.4. The Labute approximate surface area is 178 Å². The van der Waals surface area contributed by atoms with Crippen LogP contribution in [0.2, 0.25) is 0 Å². The fourth-order valence-electron chi connectivity index (χ4n) is 2.86. The summed E-state index contributed by atoms with van der Waals surface area (Å²) >= 11 is 1.07. The van der Waals surface area contributed by atoms with Crippen LogP contribution in [-0.2, 0) is 10.0 Å². The number of hydrogen-bond acceptors (Lipinski definition) is 8. The van der Waals surface area contributed by atoms with Crippen molar-refractivity contribution in [3.8, 4) is 0 Å². The largest absolute Gasteiger partial charge is 0.394 e. The summed E-state index contributed by atoms with van der Waals surface area (Å²) in [5.41, 5.74) is 0.260. The van der Waals surface area contributed by atoms with Crippen molar-refractivity contribution in [2.24, 2.45) is 5.92 Å². The maximum atomic E-state index is 14.1. The van der Waals surface area contributed by atoms with E-state index >= 15 is 0 Å². The molecule has 8 nitrogen and oxygen atoms in total. The summed E-state index contributed by atoms with van der Waals surface area (Å²) in [6.45, 7) is 1.57. The molecule has 2 aromatic rings. The molecule has 12 heteroatoms. The van der Waals surface area contributed by atoms with Gasteiger partial charge in [0.15, 0.2) is 5.16 Å². The monoisotopic (exact) mass is 459 g/mol. The fourth-order valence-corrected chi connectivity index (χ4v) is 4.19. The summed E-state index contributed by atoms with van der Waals surface area (Å²) in [5.74, 6) is -0.912. The van der Waals surface area contributed by atoms with Crippen LogP contribution in [0.4, 0.5) is 20.7 Å². The molecular weight excluding hydrogens is 436 g/mol. The molecule has 1 heterocycles. The molecule has 0 aliphatic heterocycles. The summed E-state index contributed by atoms with van der Waals surface area (Å²) in [6, 6.07) is 3.02. The van der Waals surface area contributed by atoms with Gasteiger partial charge in [0.05, 0.1) is 18.9 Å². The first-order valence-electron chi connectivity index (χ1n) is 9.36. The van der Waals surface area contributed by atoms with Crippen LogP contribution in [-0.4, -0.2) is 47.4 Å². The lowest BCUT2D eigenvalue weighted by Crippen LogP contribution is -2.26. The lowest BCUT2D eigenvalue weighted by atomic mass is 10.1. The topological polar surface area (TPSA) is 117 Å². The quantitative estimate of drug-likeness (QED) is 0.464. The molecule has 1 saturated carbocycles. The van der Waals surface area contributed by atoms with Gasteiger partial charge < -0.3 is 10.4 Å². The first-order chi connectivity index (χ1) is 14.1. The number of sulfonamides is 1. The van der Waals surface area contributed by atoms with E-state index in [1.54, 1.807) is 6.92 Å². The van der Waals surface area contributed by atoms with Gasteiger partial charge in [-0.15, -0.1) is 0 Å². The van der Waals surface area contributed by atoms with Gasteiger partial charge in [-0.3, -0.25) is 4.72 Å². The molecule has 0 spiro atoms. The van der Waals surface area contributed by atoms with E-state index in [0.29, 0.717) is 5.92 Å². The Morgan fingerprint density at radius 1 is 1.23 bits per heavy atom. The van der Waals surface area contributed by atoms with E-state index in [9.17, 15) is 22.3 Å². The number of nitrogens with zero attached hydrogens (tertiary/aromatic N) is 3. The van der Waals surface area contributed by atoms with Gasteiger partial charge in [0, 0.05) is 16.9 Å². The van der Waals surface area contributed by atoms with Crippen molar-refractivity contribution in [3.05, 3.63) is 35.4 Å². The van der Waals surface area contributed by atoms with E-state index < -0.39 is 26.9 Å². The number of benzene rings is 1. The van der Waals surface area contributed by atoms with Crippen molar-refractivity contribution in [1.29, 1.82) is 0 Å². The van der Waals surface area contributed by atoms with Gasteiger partial charge in [0.1, 0.15) is 11.6 Å². The number of anilines is 2. The molecule has 0 radical (unpaired) electrons. The van der Waals surface area contributed by atoms with E-state index in [-0.39, 0.29) is 35.3 Å². The minimum Gasteiger partial charge on any atom is -0.394 e. The van der Waals surface area contributed by atoms with Crippen molar-refractivity contribution < 1.29 is 22.3 Å². The predicted molar refractivity (Wildman–Crippen MR) is 111 cm³/mol. The Bertz CT molecular complexity index is 1010. The van der Waals surface area contributed by atoms with Crippen molar-refractivity contribution in [2.45, 2.75) is 42.6 Å². The summed E-state index contributed by atoms with van der Waals surface area (Å²) in [5, 5.41) is 12.3. The second-order valence-electron chi connectivity index (χ2n) is 7.27. The van der Waals surface area contributed by atoms with Crippen LogP contribution in [0.3, 0.4) is 0 Å². The van der Waals surface area contributed by atoms with Gasteiger partial charge in [0.25, 0.3) is 0 Å². The smallest absolute Gasteiger partial charge is 0.242 e.